The van der Waals surface area contributed by atoms with E-state index in [2.05, 4.69) is 66.3 Å². The van der Waals surface area contributed by atoms with Crippen LogP contribution >= 0.6 is 0 Å². The fourth-order valence-corrected chi connectivity index (χ4v) is 3.60. The van der Waals surface area contributed by atoms with Crippen LogP contribution in [0.2, 0.25) is 0 Å². The molecule has 0 bridgehead atoms. The molecule has 1 heteroatoms. The minimum atomic E-state index is 0.204. The Hall–Kier alpha value is -1.24. The zero-order valence-electron chi connectivity index (χ0n) is 13.0. The van der Waals surface area contributed by atoms with Crippen LogP contribution in [-0.2, 0) is 12.5 Å². The molecule has 1 aromatic carbocycles. The number of rotatable bonds is 0. The van der Waals surface area contributed by atoms with E-state index in [1.165, 1.54) is 38.7 Å². The van der Waals surface area contributed by atoms with E-state index >= 15 is 0 Å². The molecule has 0 atom stereocenters. The van der Waals surface area contributed by atoms with Crippen molar-refractivity contribution in [3.63, 3.8) is 0 Å². The lowest BCUT2D eigenvalue weighted by atomic mass is 9.78. The van der Waals surface area contributed by atoms with E-state index < -0.39 is 0 Å². The number of hydrogen-bond donors (Lipinski definition) is 0. The molecule has 0 N–H and O–H groups in total. The number of aromatic nitrogens is 1. The van der Waals surface area contributed by atoms with Crippen molar-refractivity contribution in [2.24, 2.45) is 7.05 Å². The van der Waals surface area contributed by atoms with Crippen LogP contribution in [0.25, 0.3) is 10.9 Å². The second-order valence-electron chi connectivity index (χ2n) is 6.65. The summed E-state index contributed by atoms with van der Waals surface area (Å²) in [5.74, 6) is 0. The molecule has 0 saturated carbocycles. The van der Waals surface area contributed by atoms with Gasteiger partial charge in [-0.05, 0) is 60.9 Å². The monoisotopic (exact) mass is 243 g/mol. The number of fused-ring (bicyclic) bond motifs is 1. The molecule has 0 aliphatic rings. The highest BCUT2D eigenvalue weighted by Gasteiger charge is 2.24. The molecule has 0 fully saturated rings. The lowest BCUT2D eigenvalue weighted by Gasteiger charge is -2.27. The normalized spacial score (nSPS) is 12.4. The van der Waals surface area contributed by atoms with Gasteiger partial charge in [0.25, 0.3) is 0 Å². The second-order valence-corrected chi connectivity index (χ2v) is 6.65. The van der Waals surface area contributed by atoms with Gasteiger partial charge in [0.05, 0.1) is 5.52 Å². The zero-order chi connectivity index (χ0) is 13.8. The van der Waals surface area contributed by atoms with Gasteiger partial charge in [-0.3, -0.25) is 0 Å². The fraction of sp³-hybridized carbons (Fsp3) is 0.529. The standard InChI is InChI=1S/C17H25N/c1-10-9-18(8)16-12(3)11(2)15(17(5,6)7)13(4)14(10)16/h9H,1-8H3. The summed E-state index contributed by atoms with van der Waals surface area (Å²) < 4.78 is 2.27. The molecule has 18 heavy (non-hydrogen) atoms. The van der Waals surface area contributed by atoms with Gasteiger partial charge in [-0.25, -0.2) is 0 Å². The summed E-state index contributed by atoms with van der Waals surface area (Å²) in [6.07, 6.45) is 2.25. The van der Waals surface area contributed by atoms with E-state index in [1.807, 2.05) is 0 Å². The molecule has 1 heterocycles. The van der Waals surface area contributed by atoms with Crippen LogP contribution < -0.4 is 0 Å². The van der Waals surface area contributed by atoms with Crippen molar-refractivity contribution in [1.29, 1.82) is 0 Å². The first kappa shape index (κ1) is 13.2. The minimum absolute atomic E-state index is 0.204. The third kappa shape index (κ3) is 1.68. The lowest BCUT2D eigenvalue weighted by Crippen LogP contribution is -2.16. The molecular weight excluding hydrogens is 218 g/mol. The highest BCUT2D eigenvalue weighted by molar-refractivity contribution is 5.92. The Balaban J connectivity index is 3.05. The van der Waals surface area contributed by atoms with Crippen molar-refractivity contribution in [2.45, 2.75) is 53.9 Å². The third-order valence-corrected chi connectivity index (χ3v) is 4.16. The third-order valence-electron chi connectivity index (χ3n) is 4.16. The van der Waals surface area contributed by atoms with Gasteiger partial charge >= 0.3 is 0 Å². The van der Waals surface area contributed by atoms with Gasteiger partial charge in [-0.2, -0.15) is 0 Å². The lowest BCUT2D eigenvalue weighted by molar-refractivity contribution is 0.582. The maximum Gasteiger partial charge on any atom is 0.0515 e. The summed E-state index contributed by atoms with van der Waals surface area (Å²) in [6, 6.07) is 0. The molecule has 0 unspecified atom stereocenters. The van der Waals surface area contributed by atoms with Crippen LogP contribution in [0, 0.1) is 27.7 Å². The molecule has 0 radical (unpaired) electrons. The highest BCUT2D eigenvalue weighted by atomic mass is 14.9. The van der Waals surface area contributed by atoms with Crippen LogP contribution in [0.1, 0.15) is 48.6 Å². The van der Waals surface area contributed by atoms with E-state index in [0.717, 1.165) is 0 Å². The van der Waals surface area contributed by atoms with Crippen molar-refractivity contribution in [1.82, 2.24) is 4.57 Å². The SMILES string of the molecule is Cc1c(C(C)(C)C)c(C)c2c(C)cn(C)c2c1C. The van der Waals surface area contributed by atoms with Gasteiger partial charge in [0.1, 0.15) is 0 Å². The topological polar surface area (TPSA) is 4.93 Å². The first-order valence-corrected chi connectivity index (χ1v) is 6.72. The molecule has 98 valence electrons. The Morgan fingerprint density at radius 1 is 0.889 bits per heavy atom. The Morgan fingerprint density at radius 3 is 1.94 bits per heavy atom. The maximum atomic E-state index is 2.31. The second kappa shape index (κ2) is 3.88. The number of aryl methyl sites for hydroxylation is 4. The van der Waals surface area contributed by atoms with Gasteiger partial charge in [0.2, 0.25) is 0 Å². The van der Waals surface area contributed by atoms with E-state index in [0.29, 0.717) is 0 Å². The largest absolute Gasteiger partial charge is 0.350 e. The molecule has 0 amide bonds. The summed E-state index contributed by atoms with van der Waals surface area (Å²) in [5.41, 5.74) is 8.84. The first-order valence-electron chi connectivity index (χ1n) is 6.72. The van der Waals surface area contributed by atoms with E-state index in [-0.39, 0.29) is 5.41 Å². The molecule has 0 spiro atoms. The number of nitrogens with zero attached hydrogens (tertiary/aromatic N) is 1. The van der Waals surface area contributed by atoms with Crippen molar-refractivity contribution < 1.29 is 0 Å². The predicted octanol–water partition coefficient (Wildman–Crippen LogP) is 4.71. The van der Waals surface area contributed by atoms with Crippen molar-refractivity contribution in [2.75, 3.05) is 0 Å². The quantitative estimate of drug-likeness (QED) is 0.631. The summed E-state index contributed by atoms with van der Waals surface area (Å²) >= 11 is 0. The first-order chi connectivity index (χ1) is 8.16. The minimum Gasteiger partial charge on any atom is -0.350 e. The summed E-state index contributed by atoms with van der Waals surface area (Å²) in [6.45, 7) is 16.0. The van der Waals surface area contributed by atoms with E-state index in [1.54, 1.807) is 0 Å². The van der Waals surface area contributed by atoms with Crippen molar-refractivity contribution >= 4 is 10.9 Å². The molecule has 2 rings (SSSR count). The van der Waals surface area contributed by atoms with Crippen LogP contribution in [0.15, 0.2) is 6.20 Å². The summed E-state index contributed by atoms with van der Waals surface area (Å²) in [4.78, 5) is 0. The molecule has 0 aliphatic heterocycles. The molecule has 1 aromatic heterocycles. The fourth-order valence-electron chi connectivity index (χ4n) is 3.60. The smallest absolute Gasteiger partial charge is 0.0515 e. The summed E-state index contributed by atoms with van der Waals surface area (Å²) in [7, 11) is 2.15. The Bertz CT molecular complexity index is 622. The number of benzene rings is 1. The molecule has 0 saturated heterocycles. The van der Waals surface area contributed by atoms with Gasteiger partial charge in [-0.15, -0.1) is 0 Å². The Labute approximate surface area is 111 Å². The molecule has 0 aliphatic carbocycles. The average molecular weight is 243 g/mol. The predicted molar refractivity (Wildman–Crippen MR) is 80.6 cm³/mol. The summed E-state index contributed by atoms with van der Waals surface area (Å²) in [5, 5.41) is 1.45. The molecule has 2 aromatic rings. The van der Waals surface area contributed by atoms with Crippen molar-refractivity contribution in [3.05, 3.63) is 34.0 Å². The van der Waals surface area contributed by atoms with Crippen LogP contribution in [0.3, 0.4) is 0 Å². The number of hydrogen-bond acceptors (Lipinski definition) is 0. The average Bonchev–Trinajstić information content (AvgIpc) is 2.49. The van der Waals surface area contributed by atoms with Crippen LogP contribution in [0.4, 0.5) is 0 Å². The molecule has 1 nitrogen and oxygen atoms in total. The Morgan fingerprint density at radius 2 is 1.44 bits per heavy atom. The van der Waals surface area contributed by atoms with Crippen molar-refractivity contribution in [3.8, 4) is 0 Å². The van der Waals surface area contributed by atoms with E-state index in [4.69, 9.17) is 0 Å². The zero-order valence-corrected chi connectivity index (χ0v) is 13.0. The highest BCUT2D eigenvalue weighted by Crippen LogP contribution is 2.38. The van der Waals surface area contributed by atoms with Gasteiger partial charge in [0, 0.05) is 18.6 Å². The van der Waals surface area contributed by atoms with Crippen LogP contribution in [0.5, 0.6) is 0 Å². The van der Waals surface area contributed by atoms with Gasteiger partial charge in [-0.1, -0.05) is 20.8 Å². The van der Waals surface area contributed by atoms with E-state index in [9.17, 15) is 0 Å². The van der Waals surface area contributed by atoms with Crippen LogP contribution in [-0.4, -0.2) is 4.57 Å². The van der Waals surface area contributed by atoms with Gasteiger partial charge < -0.3 is 4.57 Å². The Kier molecular flexibility index (Phi) is 2.84. The maximum absolute atomic E-state index is 2.31. The van der Waals surface area contributed by atoms with Gasteiger partial charge in [0.15, 0.2) is 0 Å². The molecular formula is C17H25N.